The van der Waals surface area contributed by atoms with Crippen LogP contribution in [0.1, 0.15) is 36.0 Å². The molecule has 0 radical (unpaired) electrons. The topological polar surface area (TPSA) is 38.3 Å². The molecule has 0 aliphatic heterocycles. The summed E-state index contributed by atoms with van der Waals surface area (Å²) in [4.78, 5) is 11.1. The van der Waals surface area contributed by atoms with Crippen LogP contribution in [0.3, 0.4) is 0 Å². The van der Waals surface area contributed by atoms with Gasteiger partial charge in [0.25, 0.3) is 0 Å². The molecule has 0 aliphatic rings. The molecule has 3 aromatic carbocycles. The van der Waals surface area contributed by atoms with Gasteiger partial charge in [0.1, 0.15) is 0 Å². The number of hydrogen-bond donors (Lipinski definition) is 1. The number of methoxy groups -OCH3 is 1. The van der Waals surface area contributed by atoms with Crippen molar-refractivity contribution in [1.82, 2.24) is 0 Å². The summed E-state index contributed by atoms with van der Waals surface area (Å²) in [7, 11) is 1.44. The first-order valence-electron chi connectivity index (χ1n) is 10.2. The standard InChI is InChI=1S/C26H29NO2/c1-19-8-17-25(20(2)18-19)22-11-15-24(16-12-22)27-23-13-9-21(10-14-23)6-4-5-7-26(28)29-3/h8-18,27H,4-7H2,1-3H3. The van der Waals surface area contributed by atoms with Crippen LogP contribution >= 0.6 is 0 Å². The maximum Gasteiger partial charge on any atom is 0.305 e. The summed E-state index contributed by atoms with van der Waals surface area (Å²) < 4.78 is 4.67. The van der Waals surface area contributed by atoms with Crippen LogP contribution in [0.2, 0.25) is 0 Å². The number of aryl methyl sites for hydroxylation is 3. The van der Waals surface area contributed by atoms with Gasteiger partial charge in [0, 0.05) is 17.8 Å². The number of hydrogen-bond acceptors (Lipinski definition) is 3. The second-order valence-corrected chi connectivity index (χ2v) is 7.50. The van der Waals surface area contributed by atoms with E-state index in [0.717, 1.165) is 30.6 Å². The summed E-state index contributed by atoms with van der Waals surface area (Å²) in [5, 5.41) is 3.46. The van der Waals surface area contributed by atoms with Gasteiger partial charge in [-0.25, -0.2) is 0 Å². The first-order valence-corrected chi connectivity index (χ1v) is 10.2. The molecule has 0 unspecified atom stereocenters. The molecule has 0 aliphatic carbocycles. The van der Waals surface area contributed by atoms with E-state index in [9.17, 15) is 4.79 Å². The Morgan fingerprint density at radius 3 is 2.14 bits per heavy atom. The van der Waals surface area contributed by atoms with Crippen molar-refractivity contribution < 1.29 is 9.53 Å². The molecule has 0 spiro atoms. The first kappa shape index (κ1) is 20.7. The molecule has 29 heavy (non-hydrogen) atoms. The molecule has 3 nitrogen and oxygen atoms in total. The molecule has 3 heteroatoms. The predicted molar refractivity (Wildman–Crippen MR) is 121 cm³/mol. The highest BCUT2D eigenvalue weighted by Gasteiger charge is 2.03. The lowest BCUT2D eigenvalue weighted by Crippen LogP contribution is -1.99. The zero-order valence-corrected chi connectivity index (χ0v) is 17.5. The van der Waals surface area contributed by atoms with Gasteiger partial charge in [0.05, 0.1) is 7.11 Å². The minimum Gasteiger partial charge on any atom is -0.469 e. The molecule has 0 fully saturated rings. The van der Waals surface area contributed by atoms with Crippen molar-refractivity contribution in [3.8, 4) is 11.1 Å². The lowest BCUT2D eigenvalue weighted by molar-refractivity contribution is -0.140. The van der Waals surface area contributed by atoms with E-state index >= 15 is 0 Å². The molecule has 0 saturated heterocycles. The number of anilines is 2. The van der Waals surface area contributed by atoms with E-state index in [-0.39, 0.29) is 5.97 Å². The predicted octanol–water partition coefficient (Wildman–Crippen LogP) is 6.60. The van der Waals surface area contributed by atoms with Crippen molar-refractivity contribution in [2.45, 2.75) is 39.5 Å². The molecular formula is C26H29NO2. The fraction of sp³-hybridized carbons (Fsp3) is 0.269. The Labute approximate surface area is 173 Å². The number of benzene rings is 3. The first-order chi connectivity index (χ1) is 14.0. The van der Waals surface area contributed by atoms with E-state index in [0.29, 0.717) is 6.42 Å². The number of unbranched alkanes of at least 4 members (excludes halogenated alkanes) is 1. The normalized spacial score (nSPS) is 10.6. The maximum absolute atomic E-state index is 11.1. The Hall–Kier alpha value is -3.07. The second-order valence-electron chi connectivity index (χ2n) is 7.50. The fourth-order valence-corrected chi connectivity index (χ4v) is 3.49. The molecule has 3 aromatic rings. The van der Waals surface area contributed by atoms with Gasteiger partial charge in [-0.15, -0.1) is 0 Å². The third kappa shape index (κ3) is 5.95. The molecule has 0 aromatic heterocycles. The van der Waals surface area contributed by atoms with Crippen molar-refractivity contribution >= 4 is 17.3 Å². The SMILES string of the molecule is COC(=O)CCCCc1ccc(Nc2ccc(-c3ccc(C)cc3C)cc2)cc1. The van der Waals surface area contributed by atoms with Crippen molar-refractivity contribution in [2.75, 3.05) is 12.4 Å². The van der Waals surface area contributed by atoms with Gasteiger partial charge in [0.2, 0.25) is 0 Å². The zero-order valence-electron chi connectivity index (χ0n) is 17.5. The third-order valence-corrected chi connectivity index (χ3v) is 5.14. The zero-order chi connectivity index (χ0) is 20.6. The van der Waals surface area contributed by atoms with Crippen LogP contribution in [0.4, 0.5) is 11.4 Å². The number of nitrogens with one attached hydrogen (secondary N) is 1. The summed E-state index contributed by atoms with van der Waals surface area (Å²) >= 11 is 0. The molecule has 0 atom stereocenters. The van der Waals surface area contributed by atoms with Crippen LogP contribution in [0.15, 0.2) is 66.7 Å². The van der Waals surface area contributed by atoms with E-state index in [1.54, 1.807) is 0 Å². The Bertz CT molecular complexity index is 943. The summed E-state index contributed by atoms with van der Waals surface area (Å²) in [6, 6.07) is 23.6. The molecule has 1 N–H and O–H groups in total. The van der Waals surface area contributed by atoms with Crippen molar-refractivity contribution in [3.63, 3.8) is 0 Å². The molecule has 3 rings (SSSR count). The van der Waals surface area contributed by atoms with Gasteiger partial charge in [0.15, 0.2) is 0 Å². The number of esters is 1. The number of rotatable bonds is 8. The molecule has 0 bridgehead atoms. The van der Waals surface area contributed by atoms with E-state index in [1.807, 2.05) is 0 Å². The lowest BCUT2D eigenvalue weighted by Gasteiger charge is -2.10. The summed E-state index contributed by atoms with van der Waals surface area (Å²) in [6.07, 6.45) is 3.32. The molecule has 0 saturated carbocycles. The van der Waals surface area contributed by atoms with Gasteiger partial charge in [-0.05, 0) is 79.6 Å². The minimum atomic E-state index is -0.131. The average molecular weight is 388 g/mol. The highest BCUT2D eigenvalue weighted by atomic mass is 16.5. The monoisotopic (exact) mass is 387 g/mol. The number of ether oxygens (including phenoxy) is 1. The Morgan fingerprint density at radius 2 is 1.52 bits per heavy atom. The Balaban J connectivity index is 1.55. The number of carbonyl (C=O) groups excluding carboxylic acids is 1. The molecule has 0 heterocycles. The van der Waals surface area contributed by atoms with Crippen LogP contribution < -0.4 is 5.32 Å². The summed E-state index contributed by atoms with van der Waals surface area (Å²) in [5.74, 6) is -0.131. The third-order valence-electron chi connectivity index (χ3n) is 5.14. The molecular weight excluding hydrogens is 358 g/mol. The fourth-order valence-electron chi connectivity index (χ4n) is 3.49. The lowest BCUT2D eigenvalue weighted by atomic mass is 9.98. The van der Waals surface area contributed by atoms with Crippen LogP contribution in [0.5, 0.6) is 0 Å². The van der Waals surface area contributed by atoms with Gasteiger partial charge in [-0.3, -0.25) is 4.79 Å². The van der Waals surface area contributed by atoms with E-state index < -0.39 is 0 Å². The highest BCUT2D eigenvalue weighted by molar-refractivity contribution is 5.71. The Kier molecular flexibility index (Phi) is 7.07. The molecule has 0 amide bonds. The highest BCUT2D eigenvalue weighted by Crippen LogP contribution is 2.26. The van der Waals surface area contributed by atoms with Crippen LogP contribution in [0, 0.1) is 13.8 Å². The van der Waals surface area contributed by atoms with E-state index in [1.165, 1.54) is 34.9 Å². The van der Waals surface area contributed by atoms with Gasteiger partial charge in [-0.1, -0.05) is 48.0 Å². The smallest absolute Gasteiger partial charge is 0.305 e. The number of carbonyl (C=O) groups is 1. The summed E-state index contributed by atoms with van der Waals surface area (Å²) in [5.41, 5.74) is 8.52. The summed E-state index contributed by atoms with van der Waals surface area (Å²) in [6.45, 7) is 4.28. The van der Waals surface area contributed by atoms with Crippen molar-refractivity contribution in [3.05, 3.63) is 83.4 Å². The maximum atomic E-state index is 11.1. The van der Waals surface area contributed by atoms with Gasteiger partial charge < -0.3 is 10.1 Å². The quantitative estimate of drug-likeness (QED) is 0.349. The Morgan fingerprint density at radius 1 is 0.862 bits per heavy atom. The average Bonchev–Trinajstić information content (AvgIpc) is 2.73. The molecule has 150 valence electrons. The second kappa shape index (κ2) is 9.92. The van der Waals surface area contributed by atoms with Crippen LogP contribution in [-0.4, -0.2) is 13.1 Å². The van der Waals surface area contributed by atoms with E-state index in [4.69, 9.17) is 0 Å². The van der Waals surface area contributed by atoms with Crippen LogP contribution in [0.25, 0.3) is 11.1 Å². The van der Waals surface area contributed by atoms with Gasteiger partial charge >= 0.3 is 5.97 Å². The van der Waals surface area contributed by atoms with E-state index in [2.05, 4.69) is 90.6 Å². The van der Waals surface area contributed by atoms with Crippen LogP contribution in [-0.2, 0) is 16.0 Å². The van der Waals surface area contributed by atoms with Crippen molar-refractivity contribution in [2.24, 2.45) is 0 Å². The largest absolute Gasteiger partial charge is 0.469 e. The van der Waals surface area contributed by atoms with Crippen molar-refractivity contribution in [1.29, 1.82) is 0 Å². The minimum absolute atomic E-state index is 0.131. The van der Waals surface area contributed by atoms with Gasteiger partial charge in [-0.2, -0.15) is 0 Å².